The third-order valence-corrected chi connectivity index (χ3v) is 18.2. The highest BCUT2D eigenvalue weighted by Crippen LogP contribution is 2.20. The van der Waals surface area contributed by atoms with Crippen molar-refractivity contribution < 1.29 is 42.9 Å². The summed E-state index contributed by atoms with van der Waals surface area (Å²) in [6.45, 7) is 4.96. The van der Waals surface area contributed by atoms with E-state index in [2.05, 4.69) is 38.2 Å². The van der Waals surface area contributed by atoms with E-state index in [1.807, 2.05) is 21.1 Å². The summed E-state index contributed by atoms with van der Waals surface area (Å²) in [6, 6.07) is 0. The first kappa shape index (κ1) is 86.8. The Labute approximate surface area is 554 Å². The molecule has 0 bridgehead atoms. The predicted molar refractivity (Wildman–Crippen MR) is 383 cm³/mol. The molecule has 0 aromatic carbocycles. The molecule has 89 heavy (non-hydrogen) atoms. The van der Waals surface area contributed by atoms with E-state index >= 15 is 0 Å². The van der Waals surface area contributed by atoms with Gasteiger partial charge in [0, 0.05) is 12.8 Å². The van der Waals surface area contributed by atoms with Crippen molar-refractivity contribution in [3.8, 4) is 0 Å². The first-order chi connectivity index (χ1) is 43.6. The number of esters is 2. The molecule has 0 radical (unpaired) electrons. The fourth-order valence-corrected chi connectivity index (χ4v) is 12.1. The number of rotatable bonds is 75. The summed E-state index contributed by atoms with van der Waals surface area (Å²) in [5, 5.41) is 9.77. The average Bonchev–Trinajstić information content (AvgIpc) is 3.64. The van der Waals surface area contributed by atoms with Gasteiger partial charge in [0.2, 0.25) is 0 Å². The van der Waals surface area contributed by atoms with E-state index < -0.39 is 18.4 Å². The number of hydrogen-bond acceptors (Lipinski definition) is 7. The number of carbonyl (C=O) groups excluding carboxylic acids is 2. The Hall–Kier alpha value is -2.23. The summed E-state index contributed by atoms with van der Waals surface area (Å²) >= 11 is 0. The molecule has 526 valence electrons. The Morgan fingerprint density at radius 1 is 0.326 bits per heavy atom. The minimum absolute atomic E-state index is 0.174. The SMILES string of the molecule is CCCCCCCCCC/C=C\CCCCCCCCCCCCCCCCCCCCCCCCCC(=O)OC(COC(=O)CCCCCCCCCCCCCCCCCCC/C=C\CCCCCCCCCC)COC(OCC[N+](C)(C)C)C(=O)O. The van der Waals surface area contributed by atoms with Gasteiger partial charge in [-0.2, -0.15) is 0 Å². The molecule has 0 aromatic heterocycles. The number of carboxylic acids is 1. The van der Waals surface area contributed by atoms with Crippen molar-refractivity contribution in [1.29, 1.82) is 0 Å². The molecule has 0 heterocycles. The number of nitrogens with zero attached hydrogens (tertiary/aromatic N) is 1. The number of carbonyl (C=O) groups is 3. The first-order valence-corrected chi connectivity index (χ1v) is 39.5. The summed E-state index contributed by atoms with van der Waals surface area (Å²) in [4.78, 5) is 37.7. The number of ether oxygens (including phenoxy) is 4. The van der Waals surface area contributed by atoms with E-state index in [4.69, 9.17) is 18.9 Å². The second-order valence-electron chi connectivity index (χ2n) is 28.4. The Kier molecular flexibility index (Phi) is 69.8. The zero-order valence-corrected chi connectivity index (χ0v) is 60.4. The quantitative estimate of drug-likeness (QED) is 0.0211. The Morgan fingerprint density at radius 3 is 0.831 bits per heavy atom. The lowest BCUT2D eigenvalue weighted by Crippen LogP contribution is -2.40. The smallest absolute Gasteiger partial charge is 0.361 e. The molecule has 0 aliphatic carbocycles. The Bertz CT molecular complexity index is 1510. The van der Waals surface area contributed by atoms with Crippen LogP contribution in [0, 0.1) is 0 Å². The highest BCUT2D eigenvalue weighted by atomic mass is 16.7. The van der Waals surface area contributed by atoms with Crippen molar-refractivity contribution in [2.75, 3.05) is 47.5 Å². The van der Waals surface area contributed by atoms with Gasteiger partial charge < -0.3 is 28.5 Å². The van der Waals surface area contributed by atoms with Gasteiger partial charge >= 0.3 is 17.9 Å². The maximum absolute atomic E-state index is 13.0. The van der Waals surface area contributed by atoms with Gasteiger partial charge in [-0.1, -0.05) is 359 Å². The van der Waals surface area contributed by atoms with Crippen molar-refractivity contribution in [3.05, 3.63) is 24.3 Å². The van der Waals surface area contributed by atoms with Crippen LogP contribution in [0.25, 0.3) is 0 Å². The fraction of sp³-hybridized carbons (Fsp3) is 0.912. The normalized spacial score (nSPS) is 12.7. The van der Waals surface area contributed by atoms with Gasteiger partial charge in [-0.15, -0.1) is 0 Å². The van der Waals surface area contributed by atoms with Gasteiger partial charge in [-0.25, -0.2) is 4.79 Å². The number of aliphatic carboxylic acids is 1. The van der Waals surface area contributed by atoms with Crippen molar-refractivity contribution in [3.63, 3.8) is 0 Å². The van der Waals surface area contributed by atoms with Gasteiger partial charge in [-0.05, 0) is 64.2 Å². The molecule has 0 aromatic rings. The molecule has 0 fully saturated rings. The lowest BCUT2D eigenvalue weighted by atomic mass is 10.0. The molecule has 0 aliphatic heterocycles. The minimum Gasteiger partial charge on any atom is -0.477 e. The molecule has 9 heteroatoms. The number of quaternary nitrogens is 1. The Balaban J connectivity index is 3.97. The number of carboxylic acid groups (broad SMARTS) is 1. The number of likely N-dealkylation sites (N-methyl/N-ethyl adjacent to an activating group) is 1. The molecule has 1 N–H and O–H groups in total. The van der Waals surface area contributed by atoms with Crippen molar-refractivity contribution in [2.24, 2.45) is 0 Å². The zero-order chi connectivity index (χ0) is 64.7. The predicted octanol–water partition coefficient (Wildman–Crippen LogP) is 24.9. The molecule has 2 unspecified atom stereocenters. The van der Waals surface area contributed by atoms with E-state index in [1.54, 1.807) is 0 Å². The molecular weight excluding hydrogens is 1100 g/mol. The van der Waals surface area contributed by atoms with Crippen LogP contribution in [-0.2, 0) is 33.3 Å². The summed E-state index contributed by atoms with van der Waals surface area (Å²) < 4.78 is 23.1. The van der Waals surface area contributed by atoms with Crippen LogP contribution in [-0.4, -0.2) is 87.4 Å². The number of hydrogen-bond donors (Lipinski definition) is 1. The molecule has 0 saturated heterocycles. The molecular formula is C80H154NO8+. The highest BCUT2D eigenvalue weighted by Gasteiger charge is 2.25. The van der Waals surface area contributed by atoms with Crippen LogP contribution in [0.2, 0.25) is 0 Å². The number of allylic oxidation sites excluding steroid dienone is 4. The second kappa shape index (κ2) is 71.6. The van der Waals surface area contributed by atoms with E-state index in [-0.39, 0.29) is 38.2 Å². The Morgan fingerprint density at radius 2 is 0.573 bits per heavy atom. The highest BCUT2D eigenvalue weighted by molar-refractivity contribution is 5.71. The molecule has 0 amide bonds. The number of unbranched alkanes of at least 4 members (excludes halogenated alkanes) is 56. The summed E-state index contributed by atoms with van der Waals surface area (Å²) in [7, 11) is 6.00. The van der Waals surface area contributed by atoms with E-state index in [0.717, 1.165) is 38.5 Å². The van der Waals surface area contributed by atoms with Crippen LogP contribution in [0.1, 0.15) is 412 Å². The topological polar surface area (TPSA) is 108 Å². The lowest BCUT2D eigenvalue weighted by Gasteiger charge is -2.25. The van der Waals surface area contributed by atoms with Gasteiger partial charge in [0.15, 0.2) is 6.10 Å². The van der Waals surface area contributed by atoms with E-state index in [1.165, 1.54) is 347 Å². The average molecular weight is 1260 g/mol. The molecule has 2 atom stereocenters. The molecule has 0 saturated carbocycles. The van der Waals surface area contributed by atoms with E-state index in [9.17, 15) is 19.5 Å². The third kappa shape index (κ3) is 73.1. The van der Waals surface area contributed by atoms with Crippen LogP contribution >= 0.6 is 0 Å². The summed E-state index contributed by atoms with van der Waals surface area (Å²) in [5.41, 5.74) is 0. The monoisotopic (exact) mass is 1260 g/mol. The largest absolute Gasteiger partial charge is 0.477 e. The summed E-state index contributed by atoms with van der Waals surface area (Å²) in [6.07, 6.45) is 87.6. The fourth-order valence-electron chi connectivity index (χ4n) is 12.1. The van der Waals surface area contributed by atoms with Crippen molar-refractivity contribution in [2.45, 2.75) is 424 Å². The minimum atomic E-state index is -1.51. The van der Waals surface area contributed by atoms with Crippen LogP contribution in [0.15, 0.2) is 24.3 Å². The van der Waals surface area contributed by atoms with Crippen LogP contribution in [0.5, 0.6) is 0 Å². The molecule has 9 nitrogen and oxygen atoms in total. The third-order valence-electron chi connectivity index (χ3n) is 18.2. The van der Waals surface area contributed by atoms with Gasteiger partial charge in [0.25, 0.3) is 6.29 Å². The van der Waals surface area contributed by atoms with Crippen LogP contribution in [0.4, 0.5) is 0 Å². The van der Waals surface area contributed by atoms with Crippen LogP contribution in [0.3, 0.4) is 0 Å². The summed E-state index contributed by atoms with van der Waals surface area (Å²) in [5.74, 6) is -1.97. The maximum Gasteiger partial charge on any atom is 0.361 e. The van der Waals surface area contributed by atoms with E-state index in [0.29, 0.717) is 17.4 Å². The first-order valence-electron chi connectivity index (χ1n) is 39.5. The van der Waals surface area contributed by atoms with Crippen molar-refractivity contribution >= 4 is 17.9 Å². The molecule has 0 spiro atoms. The molecule has 0 aliphatic rings. The second-order valence-corrected chi connectivity index (χ2v) is 28.4. The maximum atomic E-state index is 13.0. The van der Waals surface area contributed by atoms with Gasteiger partial charge in [-0.3, -0.25) is 9.59 Å². The zero-order valence-electron chi connectivity index (χ0n) is 60.4. The standard InChI is InChI=1S/C80H153NO8/c1-6-8-10-12-14-16-18-20-22-24-26-28-30-32-34-36-37-38-39-40-41-43-45-47-49-51-53-55-57-59-61-63-65-67-69-71-78(83)89-76(75-88-80(79(84)85)86-73-72-81(3,4)5)74-87-77(82)70-68-66-64-62-60-58-56-54-52-50-48-46-44-42-35-33-31-29-27-25-23-21-19-17-15-13-11-9-7-2/h24-27,76,80H,6-23,28-75H2,1-5H3/p+1/b26-24-,27-25-. The van der Waals surface area contributed by atoms with Crippen LogP contribution < -0.4 is 0 Å². The van der Waals surface area contributed by atoms with Crippen molar-refractivity contribution in [1.82, 2.24) is 0 Å². The lowest BCUT2D eigenvalue weighted by molar-refractivity contribution is -0.870. The molecule has 0 rings (SSSR count). The van der Waals surface area contributed by atoms with Gasteiger partial charge in [0.1, 0.15) is 13.2 Å². The van der Waals surface area contributed by atoms with Gasteiger partial charge in [0.05, 0.1) is 34.4 Å².